The maximum atomic E-state index is 12.5. The molecule has 9 heteroatoms. The lowest BCUT2D eigenvalue weighted by atomic mass is 10.2. The Balaban J connectivity index is 2.00. The van der Waals surface area contributed by atoms with E-state index in [2.05, 4.69) is 27.2 Å². The van der Waals surface area contributed by atoms with Gasteiger partial charge in [-0.3, -0.25) is 15.1 Å². The molecule has 7 nitrogen and oxygen atoms in total. The topological polar surface area (TPSA) is 79.7 Å². The van der Waals surface area contributed by atoms with Crippen molar-refractivity contribution < 1.29 is 9.53 Å². The van der Waals surface area contributed by atoms with Crippen molar-refractivity contribution in [2.24, 2.45) is 4.99 Å². The molecule has 2 rings (SSSR count). The van der Waals surface area contributed by atoms with Gasteiger partial charge in [0.05, 0.1) is 6.20 Å². The molecule has 2 aromatic rings. The molecule has 0 radical (unpaired) electrons. The van der Waals surface area contributed by atoms with E-state index in [0.717, 1.165) is 22.6 Å². The quantitative estimate of drug-likeness (QED) is 0.528. The van der Waals surface area contributed by atoms with E-state index in [4.69, 9.17) is 16.3 Å². The molecule has 0 fully saturated rings. The van der Waals surface area contributed by atoms with Gasteiger partial charge in [0.25, 0.3) is 11.1 Å². The molecule has 0 aliphatic rings. The number of rotatable bonds is 8. The highest BCUT2D eigenvalue weighted by atomic mass is 35.5. The standard InChI is InChI=1S/C18H20ClN5O2S/c1-5-12(2)24(4)15(10-20-3)16(25)21-17-22-23-18(27-17)26-11-13-6-8-14(19)9-7-13/h5-10H,3,11H2,1-2,4H3,(H,21,22,25)/b12-5+,15-10-. The highest BCUT2D eigenvalue weighted by molar-refractivity contribution is 7.17. The Morgan fingerprint density at radius 3 is 2.74 bits per heavy atom. The van der Waals surface area contributed by atoms with Crippen LogP contribution < -0.4 is 10.1 Å². The van der Waals surface area contributed by atoms with Gasteiger partial charge in [-0.1, -0.05) is 34.9 Å². The lowest BCUT2D eigenvalue weighted by molar-refractivity contribution is -0.114. The van der Waals surface area contributed by atoms with Crippen LogP contribution in [0.2, 0.25) is 5.02 Å². The number of aromatic nitrogens is 2. The molecule has 1 N–H and O–H groups in total. The number of carbonyl (C=O) groups excluding carboxylic acids is 1. The van der Waals surface area contributed by atoms with Gasteiger partial charge >= 0.3 is 0 Å². The van der Waals surface area contributed by atoms with Gasteiger partial charge < -0.3 is 9.64 Å². The molecule has 1 amide bonds. The molecule has 0 unspecified atom stereocenters. The van der Waals surface area contributed by atoms with Crippen LogP contribution in [0.15, 0.2) is 52.9 Å². The number of allylic oxidation sites excluding steroid dienone is 2. The van der Waals surface area contributed by atoms with E-state index < -0.39 is 0 Å². The molecule has 27 heavy (non-hydrogen) atoms. The summed E-state index contributed by atoms with van der Waals surface area (Å²) in [5.41, 5.74) is 2.18. The van der Waals surface area contributed by atoms with Crippen LogP contribution in [0.3, 0.4) is 0 Å². The molecule has 0 aliphatic heterocycles. The number of hydrogen-bond acceptors (Lipinski definition) is 7. The predicted molar refractivity (Wildman–Crippen MR) is 109 cm³/mol. The Hall–Kier alpha value is -2.71. The average Bonchev–Trinajstić information content (AvgIpc) is 3.11. The number of carbonyl (C=O) groups is 1. The largest absolute Gasteiger partial charge is 0.464 e. The molecule has 1 aromatic carbocycles. The van der Waals surface area contributed by atoms with E-state index in [-0.39, 0.29) is 5.91 Å². The van der Waals surface area contributed by atoms with Crippen LogP contribution in [0.5, 0.6) is 5.19 Å². The minimum Gasteiger partial charge on any atom is -0.464 e. The molecule has 0 saturated heterocycles. The molecular weight excluding hydrogens is 386 g/mol. The summed E-state index contributed by atoms with van der Waals surface area (Å²) in [5.74, 6) is -0.369. The first-order chi connectivity index (χ1) is 12.9. The summed E-state index contributed by atoms with van der Waals surface area (Å²) in [6.07, 6.45) is 3.28. The number of nitrogens with zero attached hydrogens (tertiary/aromatic N) is 4. The van der Waals surface area contributed by atoms with Gasteiger partial charge in [0.2, 0.25) is 5.13 Å². The van der Waals surface area contributed by atoms with Gasteiger partial charge in [-0.05, 0) is 49.6 Å². The second-order valence-electron chi connectivity index (χ2n) is 5.43. The summed E-state index contributed by atoms with van der Waals surface area (Å²) in [7, 11) is 1.77. The van der Waals surface area contributed by atoms with Crippen LogP contribution in [0, 0.1) is 0 Å². The highest BCUT2D eigenvalue weighted by Gasteiger charge is 2.17. The minimum absolute atomic E-state index is 0.326. The van der Waals surface area contributed by atoms with E-state index in [1.54, 1.807) is 24.1 Å². The third-order valence-electron chi connectivity index (χ3n) is 3.66. The van der Waals surface area contributed by atoms with Crippen molar-refractivity contribution in [2.75, 3.05) is 12.4 Å². The van der Waals surface area contributed by atoms with Crippen molar-refractivity contribution in [3.63, 3.8) is 0 Å². The fourth-order valence-corrected chi connectivity index (χ4v) is 2.69. The summed E-state index contributed by atoms with van der Waals surface area (Å²) in [6.45, 7) is 7.52. The normalized spacial score (nSPS) is 11.9. The summed E-state index contributed by atoms with van der Waals surface area (Å²) in [6, 6.07) is 7.31. The van der Waals surface area contributed by atoms with Crippen LogP contribution >= 0.6 is 22.9 Å². The Bertz CT molecular complexity index is 861. The summed E-state index contributed by atoms with van der Waals surface area (Å²) >= 11 is 6.99. The maximum absolute atomic E-state index is 12.5. The molecule has 0 bridgehead atoms. The summed E-state index contributed by atoms with van der Waals surface area (Å²) < 4.78 is 5.59. The van der Waals surface area contributed by atoms with Crippen LogP contribution in [0.25, 0.3) is 0 Å². The van der Waals surface area contributed by atoms with Gasteiger partial charge in [0, 0.05) is 17.8 Å². The molecule has 0 spiro atoms. The van der Waals surface area contributed by atoms with E-state index in [0.29, 0.717) is 27.7 Å². The molecule has 1 heterocycles. The zero-order chi connectivity index (χ0) is 19.8. The van der Waals surface area contributed by atoms with E-state index >= 15 is 0 Å². The third kappa shape index (κ3) is 5.90. The molecule has 1 aromatic heterocycles. The van der Waals surface area contributed by atoms with Gasteiger partial charge in [-0.15, -0.1) is 5.10 Å². The van der Waals surface area contributed by atoms with Crippen LogP contribution in [0.1, 0.15) is 19.4 Å². The van der Waals surface area contributed by atoms with Crippen molar-refractivity contribution in [1.29, 1.82) is 0 Å². The fourth-order valence-electron chi connectivity index (χ4n) is 1.97. The van der Waals surface area contributed by atoms with Gasteiger partial charge in [-0.25, -0.2) is 0 Å². The maximum Gasteiger partial charge on any atom is 0.296 e. The molecule has 0 saturated carbocycles. The van der Waals surface area contributed by atoms with Crippen molar-refractivity contribution in [1.82, 2.24) is 15.1 Å². The number of nitrogens with one attached hydrogen (secondary N) is 1. The number of hydrogen-bond donors (Lipinski definition) is 1. The summed E-state index contributed by atoms with van der Waals surface area (Å²) in [4.78, 5) is 17.9. The van der Waals surface area contributed by atoms with E-state index in [1.807, 2.05) is 32.1 Å². The van der Waals surface area contributed by atoms with Crippen molar-refractivity contribution in [3.8, 4) is 5.19 Å². The Labute approximate surface area is 167 Å². The van der Waals surface area contributed by atoms with Gasteiger partial charge in [0.15, 0.2) is 0 Å². The van der Waals surface area contributed by atoms with Crippen molar-refractivity contribution in [3.05, 3.63) is 58.5 Å². The molecule has 0 atom stereocenters. The number of amides is 1. The Morgan fingerprint density at radius 1 is 1.41 bits per heavy atom. The first-order valence-electron chi connectivity index (χ1n) is 7.99. The van der Waals surface area contributed by atoms with Crippen LogP contribution in [0.4, 0.5) is 5.13 Å². The van der Waals surface area contributed by atoms with E-state index in [9.17, 15) is 4.79 Å². The first kappa shape index (κ1) is 20.6. The van der Waals surface area contributed by atoms with Crippen molar-refractivity contribution >= 4 is 40.7 Å². The number of likely N-dealkylation sites (N-methyl/N-ethyl adjacent to an activating group) is 1. The number of ether oxygens (including phenoxy) is 1. The van der Waals surface area contributed by atoms with E-state index in [1.165, 1.54) is 6.20 Å². The van der Waals surface area contributed by atoms with Crippen molar-refractivity contribution in [2.45, 2.75) is 20.5 Å². The second-order valence-corrected chi connectivity index (χ2v) is 6.80. The highest BCUT2D eigenvalue weighted by Crippen LogP contribution is 2.24. The Kier molecular flexibility index (Phi) is 7.51. The average molecular weight is 406 g/mol. The van der Waals surface area contributed by atoms with Crippen LogP contribution in [-0.2, 0) is 11.4 Å². The second kappa shape index (κ2) is 9.84. The lowest BCUT2D eigenvalue weighted by Crippen LogP contribution is -2.26. The number of halogens is 1. The van der Waals surface area contributed by atoms with Crippen LogP contribution in [-0.4, -0.2) is 34.8 Å². The predicted octanol–water partition coefficient (Wildman–Crippen LogP) is 4.11. The lowest BCUT2D eigenvalue weighted by Gasteiger charge is -2.21. The first-order valence-corrected chi connectivity index (χ1v) is 9.18. The molecule has 142 valence electrons. The minimum atomic E-state index is -0.369. The third-order valence-corrected chi connectivity index (χ3v) is 4.66. The number of benzene rings is 1. The zero-order valence-corrected chi connectivity index (χ0v) is 16.8. The molecular formula is C18H20ClN5O2S. The Morgan fingerprint density at radius 2 is 2.11 bits per heavy atom. The number of anilines is 1. The van der Waals surface area contributed by atoms with Gasteiger partial charge in [0.1, 0.15) is 12.3 Å². The van der Waals surface area contributed by atoms with Gasteiger partial charge in [-0.2, -0.15) is 0 Å². The fraction of sp³-hybridized carbons (Fsp3) is 0.222. The monoisotopic (exact) mass is 405 g/mol. The smallest absolute Gasteiger partial charge is 0.296 e. The summed E-state index contributed by atoms with van der Waals surface area (Å²) in [5, 5.41) is 11.9. The number of aliphatic imine (C=N–C) groups is 1. The zero-order valence-electron chi connectivity index (χ0n) is 15.3. The molecule has 0 aliphatic carbocycles. The SMILES string of the molecule is C=N/C=C(/C(=O)Nc1nnc(OCc2ccc(Cl)cc2)s1)N(C)/C(C)=C/C.